The normalized spacial score (nSPS) is 12.1. The molecule has 6 heteroatoms. The Balaban J connectivity index is 0.00000458. The van der Waals surface area contributed by atoms with Gasteiger partial charge in [-0.2, -0.15) is 12.1 Å². The van der Waals surface area contributed by atoms with Gasteiger partial charge in [0.2, 0.25) is 0 Å². The van der Waals surface area contributed by atoms with Crippen molar-refractivity contribution in [1.29, 1.82) is 0 Å². The maximum absolute atomic E-state index is 5.04. The molecular formula is C56H41N5Pt. The quantitative estimate of drug-likeness (QED) is 0.142. The average molecular weight is 979 g/mol. The summed E-state index contributed by atoms with van der Waals surface area (Å²) < 4.78 is 2.27. The van der Waals surface area contributed by atoms with E-state index in [1.54, 1.807) is 0 Å². The first-order valence-corrected chi connectivity index (χ1v) is 20.8. The van der Waals surface area contributed by atoms with Crippen LogP contribution in [0.5, 0.6) is 0 Å². The van der Waals surface area contributed by atoms with Crippen molar-refractivity contribution in [3.05, 3.63) is 224 Å². The fraction of sp³-hybridized carbons (Fsp3) is 0.0536. The number of para-hydroxylation sites is 5. The number of pyridine rings is 1. The number of nitrogens with zero attached hydrogens (tertiary/aromatic N) is 5. The third kappa shape index (κ3) is 6.76. The zero-order chi connectivity index (χ0) is 40.9. The molecule has 8 aromatic carbocycles. The minimum Gasteiger partial charge on any atom is -0.358 e. The third-order valence-corrected chi connectivity index (χ3v) is 11.9. The van der Waals surface area contributed by atoms with E-state index in [-0.39, 0.29) is 21.1 Å². The number of anilines is 7. The molecule has 0 bridgehead atoms. The number of hydrogen-bond donors (Lipinski definition) is 0. The second-order valence-corrected chi connectivity index (χ2v) is 15.6. The van der Waals surface area contributed by atoms with E-state index in [9.17, 15) is 0 Å². The SMILES string of the molecule is Cc1cccc(C)c1N(c1[c-]c(N2CN(c3ccccc3)c3ccccc32)ccc1)c1[c-]c2c(cc1)c1ccccc1n2-c1cc(-c2ccccc2-c2ccccc2)ccn1.[Pt+2]. The second kappa shape index (κ2) is 16.3. The first kappa shape index (κ1) is 39.0. The summed E-state index contributed by atoms with van der Waals surface area (Å²) in [6.45, 7) is 5.05. The molecule has 0 atom stereocenters. The molecule has 0 saturated heterocycles. The standard InChI is InChI=1S/C56H41N5.Pt/c1-39-17-15-18-40(2)56(39)60(45-24-16-23-44(36-45)59-38-58(43-21-7-4-8-22-43)52-29-13-14-30-53(52)59)46-31-32-50-49-27-11-12-28-51(49)61(54(50)37-46)55-35-42(33-34-57-55)48-26-10-9-25-47(48)41-19-5-3-6-20-41;/h3-35H,38H2,1-2H3;/q-2;+2. The average Bonchev–Trinajstić information content (AvgIpc) is 3.87. The predicted octanol–water partition coefficient (Wildman–Crippen LogP) is 14.4. The molecule has 62 heavy (non-hydrogen) atoms. The van der Waals surface area contributed by atoms with Crippen molar-refractivity contribution in [2.75, 3.05) is 21.4 Å². The van der Waals surface area contributed by atoms with E-state index in [4.69, 9.17) is 4.98 Å². The van der Waals surface area contributed by atoms with Crippen molar-refractivity contribution in [3.8, 4) is 28.1 Å². The minimum atomic E-state index is 0. The van der Waals surface area contributed by atoms with Crippen molar-refractivity contribution in [2.45, 2.75) is 13.8 Å². The molecule has 300 valence electrons. The van der Waals surface area contributed by atoms with Crippen molar-refractivity contribution >= 4 is 61.6 Å². The van der Waals surface area contributed by atoms with E-state index < -0.39 is 0 Å². The van der Waals surface area contributed by atoms with Crippen LogP contribution in [0.4, 0.5) is 39.8 Å². The van der Waals surface area contributed by atoms with Crippen molar-refractivity contribution in [1.82, 2.24) is 9.55 Å². The van der Waals surface area contributed by atoms with Gasteiger partial charge in [0.1, 0.15) is 5.82 Å². The Labute approximate surface area is 377 Å². The Morgan fingerprint density at radius 1 is 0.516 bits per heavy atom. The van der Waals surface area contributed by atoms with Gasteiger partial charge in [0.05, 0.1) is 18.0 Å². The fourth-order valence-electron chi connectivity index (χ4n) is 9.07. The molecule has 0 aliphatic carbocycles. The van der Waals surface area contributed by atoms with Crippen LogP contribution >= 0.6 is 0 Å². The number of hydrogen-bond acceptors (Lipinski definition) is 4. The van der Waals surface area contributed by atoms with Gasteiger partial charge in [-0.15, -0.1) is 35.7 Å². The molecular weight excluding hydrogens is 938 g/mol. The van der Waals surface area contributed by atoms with Gasteiger partial charge in [0.15, 0.2) is 0 Å². The van der Waals surface area contributed by atoms with Gasteiger partial charge in [0, 0.05) is 23.1 Å². The number of benzene rings is 8. The maximum Gasteiger partial charge on any atom is 2.00 e. The van der Waals surface area contributed by atoms with Gasteiger partial charge in [-0.25, -0.2) is 4.98 Å². The van der Waals surface area contributed by atoms with Crippen LogP contribution < -0.4 is 14.7 Å². The largest absolute Gasteiger partial charge is 2.00 e. The van der Waals surface area contributed by atoms with Crippen LogP contribution in [0.25, 0.3) is 49.9 Å². The van der Waals surface area contributed by atoms with Crippen LogP contribution in [-0.2, 0) is 21.1 Å². The van der Waals surface area contributed by atoms with Crippen LogP contribution in [-0.4, -0.2) is 16.2 Å². The molecule has 0 spiro atoms. The minimum absolute atomic E-state index is 0. The Morgan fingerprint density at radius 3 is 1.92 bits per heavy atom. The summed E-state index contributed by atoms with van der Waals surface area (Å²) in [7, 11) is 0. The number of aryl methyl sites for hydroxylation is 2. The molecule has 11 rings (SSSR count). The zero-order valence-corrected chi connectivity index (χ0v) is 36.6. The van der Waals surface area contributed by atoms with Crippen LogP contribution in [0, 0.1) is 26.0 Å². The van der Waals surface area contributed by atoms with Crippen LogP contribution in [0.2, 0.25) is 0 Å². The Hall–Kier alpha value is -7.20. The summed E-state index contributed by atoms with van der Waals surface area (Å²) in [6, 6.07) is 76.6. The maximum atomic E-state index is 5.04. The number of rotatable bonds is 8. The van der Waals surface area contributed by atoms with Gasteiger partial charge in [0.25, 0.3) is 0 Å². The van der Waals surface area contributed by atoms with E-state index in [0.29, 0.717) is 6.67 Å². The summed E-state index contributed by atoms with van der Waals surface area (Å²) in [5.74, 6) is 0.836. The van der Waals surface area contributed by atoms with Gasteiger partial charge in [-0.05, 0) is 95.1 Å². The molecule has 10 aromatic rings. The molecule has 1 aliphatic heterocycles. The fourth-order valence-corrected chi connectivity index (χ4v) is 9.07. The monoisotopic (exact) mass is 978 g/mol. The Bertz CT molecular complexity index is 3210. The molecule has 2 aromatic heterocycles. The van der Waals surface area contributed by atoms with Gasteiger partial charge >= 0.3 is 21.1 Å². The summed E-state index contributed by atoms with van der Waals surface area (Å²) in [5, 5.41) is 2.27. The molecule has 0 saturated carbocycles. The molecule has 5 nitrogen and oxygen atoms in total. The van der Waals surface area contributed by atoms with E-state index in [1.807, 2.05) is 6.20 Å². The molecule has 0 fully saturated rings. The smallest absolute Gasteiger partial charge is 0.358 e. The predicted molar refractivity (Wildman–Crippen MR) is 253 cm³/mol. The molecule has 3 heterocycles. The topological polar surface area (TPSA) is 27.5 Å². The molecule has 0 amide bonds. The van der Waals surface area contributed by atoms with Crippen molar-refractivity contribution in [2.24, 2.45) is 0 Å². The Morgan fingerprint density at radius 2 is 1.15 bits per heavy atom. The summed E-state index contributed by atoms with van der Waals surface area (Å²) in [5.41, 5.74) is 16.4. The molecule has 0 unspecified atom stereocenters. The summed E-state index contributed by atoms with van der Waals surface area (Å²) >= 11 is 0. The van der Waals surface area contributed by atoms with Gasteiger partial charge in [-0.3, -0.25) is 0 Å². The van der Waals surface area contributed by atoms with Crippen molar-refractivity contribution < 1.29 is 21.1 Å². The van der Waals surface area contributed by atoms with Crippen LogP contribution in [0.3, 0.4) is 0 Å². The number of aromatic nitrogens is 2. The molecule has 0 radical (unpaired) electrons. The first-order chi connectivity index (χ1) is 30.1. The first-order valence-electron chi connectivity index (χ1n) is 20.8. The van der Waals surface area contributed by atoms with E-state index in [2.05, 4.69) is 239 Å². The van der Waals surface area contributed by atoms with E-state index in [0.717, 1.165) is 72.9 Å². The number of fused-ring (bicyclic) bond motifs is 4. The van der Waals surface area contributed by atoms with Crippen LogP contribution in [0.15, 0.2) is 200 Å². The molecule has 0 N–H and O–H groups in total. The Kier molecular flexibility index (Phi) is 10.3. The summed E-state index contributed by atoms with van der Waals surface area (Å²) in [6.07, 6.45) is 1.93. The zero-order valence-electron chi connectivity index (χ0n) is 34.3. The van der Waals surface area contributed by atoms with Gasteiger partial charge in [-0.1, -0.05) is 144 Å². The van der Waals surface area contributed by atoms with Crippen LogP contribution in [0.1, 0.15) is 11.1 Å². The van der Waals surface area contributed by atoms with E-state index in [1.165, 1.54) is 27.9 Å². The van der Waals surface area contributed by atoms with Crippen molar-refractivity contribution in [3.63, 3.8) is 0 Å². The van der Waals surface area contributed by atoms with Gasteiger partial charge < -0.3 is 19.3 Å². The third-order valence-electron chi connectivity index (χ3n) is 11.9. The van der Waals surface area contributed by atoms with E-state index >= 15 is 0 Å². The molecule has 1 aliphatic rings. The second-order valence-electron chi connectivity index (χ2n) is 15.6. The summed E-state index contributed by atoms with van der Waals surface area (Å²) in [4.78, 5) is 12.1.